The molecule has 0 radical (unpaired) electrons. The van der Waals surface area contributed by atoms with Gasteiger partial charge in [0, 0.05) is 48.9 Å². The van der Waals surface area contributed by atoms with Crippen molar-refractivity contribution >= 4 is 17.4 Å². The minimum absolute atomic E-state index is 0.00922. The highest BCUT2D eigenvalue weighted by Crippen LogP contribution is 2.32. The number of rotatable bonds is 6. The molecule has 1 saturated heterocycles. The second-order valence-electron chi connectivity index (χ2n) is 7.88. The molecule has 0 unspecified atom stereocenters. The number of amides is 1. The lowest BCUT2D eigenvalue weighted by atomic mass is 10.1. The molecule has 0 saturated carbocycles. The van der Waals surface area contributed by atoms with Gasteiger partial charge in [-0.2, -0.15) is 0 Å². The number of methoxy groups -OCH3 is 2. The van der Waals surface area contributed by atoms with Crippen molar-refractivity contribution in [3.05, 3.63) is 69.8 Å². The van der Waals surface area contributed by atoms with Gasteiger partial charge in [0.2, 0.25) is 0 Å². The van der Waals surface area contributed by atoms with Gasteiger partial charge in [0.1, 0.15) is 11.5 Å². The zero-order valence-electron chi connectivity index (χ0n) is 19.2. The van der Waals surface area contributed by atoms with Crippen LogP contribution in [0, 0.1) is 17.0 Å². The molecule has 1 fully saturated rings. The van der Waals surface area contributed by atoms with E-state index in [1.54, 1.807) is 32.1 Å². The average molecular weight is 463 g/mol. The molecule has 1 aromatic heterocycles. The maximum Gasteiger partial charge on any atom is 0.272 e. The highest BCUT2D eigenvalue weighted by molar-refractivity contribution is 5.95. The monoisotopic (exact) mass is 463 g/mol. The predicted octanol–water partition coefficient (Wildman–Crippen LogP) is 3.34. The SMILES string of the molecule is COc1ccc(OC)c(-c2ccc(N3CCN(C(=O)c4ccc([N+](=O)[O-])c(C)c4)CC3)nn2)c1. The van der Waals surface area contributed by atoms with E-state index >= 15 is 0 Å². The Labute approximate surface area is 196 Å². The summed E-state index contributed by atoms with van der Waals surface area (Å²) in [5.41, 5.74) is 2.39. The van der Waals surface area contributed by atoms with Crippen LogP contribution in [0.1, 0.15) is 15.9 Å². The summed E-state index contributed by atoms with van der Waals surface area (Å²) in [6.45, 7) is 3.88. The quantitative estimate of drug-likeness (QED) is 0.404. The third-order valence-corrected chi connectivity index (χ3v) is 5.86. The zero-order valence-corrected chi connectivity index (χ0v) is 19.2. The van der Waals surface area contributed by atoms with Gasteiger partial charge in [0.15, 0.2) is 5.82 Å². The highest BCUT2D eigenvalue weighted by atomic mass is 16.6. The normalized spacial score (nSPS) is 13.5. The summed E-state index contributed by atoms with van der Waals surface area (Å²) in [5, 5.41) is 19.8. The number of carbonyl (C=O) groups is 1. The number of piperazine rings is 1. The number of ether oxygens (including phenoxy) is 2. The Morgan fingerprint density at radius 2 is 1.74 bits per heavy atom. The molecule has 4 rings (SSSR count). The zero-order chi connectivity index (χ0) is 24.2. The Balaban J connectivity index is 1.42. The van der Waals surface area contributed by atoms with E-state index in [0.29, 0.717) is 54.5 Å². The number of anilines is 1. The third kappa shape index (κ3) is 4.61. The number of nitro benzene ring substituents is 1. The molecule has 176 valence electrons. The first-order valence-corrected chi connectivity index (χ1v) is 10.8. The van der Waals surface area contributed by atoms with Crippen LogP contribution >= 0.6 is 0 Å². The largest absolute Gasteiger partial charge is 0.497 e. The molecule has 0 atom stereocenters. The molecule has 0 bridgehead atoms. The number of carbonyl (C=O) groups excluding carboxylic acids is 1. The van der Waals surface area contributed by atoms with E-state index < -0.39 is 4.92 Å². The van der Waals surface area contributed by atoms with Crippen molar-refractivity contribution in [2.75, 3.05) is 45.3 Å². The average Bonchev–Trinajstić information content (AvgIpc) is 2.87. The van der Waals surface area contributed by atoms with Gasteiger partial charge in [0.05, 0.1) is 24.8 Å². The lowest BCUT2D eigenvalue weighted by Gasteiger charge is -2.35. The Kier molecular flexibility index (Phi) is 6.58. The minimum atomic E-state index is -0.445. The first kappa shape index (κ1) is 23.0. The number of hydrogen-bond donors (Lipinski definition) is 0. The van der Waals surface area contributed by atoms with Gasteiger partial charge >= 0.3 is 0 Å². The molecular weight excluding hydrogens is 438 g/mol. The summed E-state index contributed by atoms with van der Waals surface area (Å²) in [5.74, 6) is 1.97. The summed E-state index contributed by atoms with van der Waals surface area (Å²) >= 11 is 0. The Hall–Kier alpha value is -4.21. The molecule has 10 heteroatoms. The topological polar surface area (TPSA) is 111 Å². The van der Waals surface area contributed by atoms with Gasteiger partial charge in [-0.3, -0.25) is 14.9 Å². The lowest BCUT2D eigenvalue weighted by Crippen LogP contribution is -2.49. The standard InChI is InChI=1S/C24H25N5O5/c1-16-14-17(4-7-21(16)29(31)32)24(30)28-12-10-27(11-13-28)23-9-6-20(25-26-23)19-15-18(33-2)5-8-22(19)34-3/h4-9,14-15H,10-13H2,1-3H3. The maximum atomic E-state index is 12.9. The van der Waals surface area contributed by atoms with Crippen LogP contribution in [0.3, 0.4) is 0 Å². The highest BCUT2D eigenvalue weighted by Gasteiger charge is 2.24. The first-order valence-electron chi connectivity index (χ1n) is 10.8. The smallest absolute Gasteiger partial charge is 0.272 e. The van der Waals surface area contributed by atoms with Crippen molar-refractivity contribution in [2.45, 2.75) is 6.92 Å². The number of benzene rings is 2. The van der Waals surface area contributed by atoms with Crippen LogP contribution in [0.5, 0.6) is 11.5 Å². The third-order valence-electron chi connectivity index (χ3n) is 5.86. The molecule has 34 heavy (non-hydrogen) atoms. The number of hydrogen-bond acceptors (Lipinski definition) is 8. The van der Waals surface area contributed by atoms with Crippen LogP contribution in [0.2, 0.25) is 0 Å². The van der Waals surface area contributed by atoms with Crippen LogP contribution in [-0.4, -0.2) is 66.3 Å². The predicted molar refractivity (Wildman–Crippen MR) is 127 cm³/mol. The number of nitro groups is 1. The van der Waals surface area contributed by atoms with E-state index in [4.69, 9.17) is 9.47 Å². The van der Waals surface area contributed by atoms with Crippen molar-refractivity contribution in [1.29, 1.82) is 0 Å². The summed E-state index contributed by atoms with van der Waals surface area (Å²) in [6.07, 6.45) is 0. The van der Waals surface area contributed by atoms with Gasteiger partial charge in [-0.25, -0.2) is 0 Å². The Bertz CT molecular complexity index is 1210. The molecule has 0 aliphatic carbocycles. The van der Waals surface area contributed by atoms with Gasteiger partial charge in [-0.05, 0) is 49.4 Å². The molecule has 2 heterocycles. The van der Waals surface area contributed by atoms with Crippen molar-refractivity contribution < 1.29 is 19.2 Å². The van der Waals surface area contributed by atoms with Gasteiger partial charge < -0.3 is 19.3 Å². The fourth-order valence-electron chi connectivity index (χ4n) is 3.97. The van der Waals surface area contributed by atoms with Gasteiger partial charge in [0.25, 0.3) is 11.6 Å². The van der Waals surface area contributed by atoms with Crippen LogP contribution in [0.4, 0.5) is 11.5 Å². The van der Waals surface area contributed by atoms with Crippen LogP contribution < -0.4 is 14.4 Å². The van der Waals surface area contributed by atoms with Crippen LogP contribution in [0.25, 0.3) is 11.3 Å². The van der Waals surface area contributed by atoms with E-state index in [1.165, 1.54) is 12.1 Å². The second-order valence-corrected chi connectivity index (χ2v) is 7.88. The fourth-order valence-corrected chi connectivity index (χ4v) is 3.97. The summed E-state index contributed by atoms with van der Waals surface area (Å²) < 4.78 is 10.7. The van der Waals surface area contributed by atoms with E-state index in [1.807, 2.05) is 30.3 Å². The number of aromatic nitrogens is 2. The van der Waals surface area contributed by atoms with E-state index in [-0.39, 0.29) is 11.6 Å². The summed E-state index contributed by atoms with van der Waals surface area (Å²) in [6, 6.07) is 13.8. The van der Waals surface area contributed by atoms with Crippen LogP contribution in [0.15, 0.2) is 48.5 Å². The molecule has 1 aliphatic rings. The molecule has 1 amide bonds. The van der Waals surface area contributed by atoms with Crippen molar-refractivity contribution in [3.8, 4) is 22.8 Å². The summed E-state index contributed by atoms with van der Waals surface area (Å²) in [7, 11) is 3.21. The molecule has 2 aromatic carbocycles. The Morgan fingerprint density at radius 3 is 2.32 bits per heavy atom. The Morgan fingerprint density at radius 1 is 0.971 bits per heavy atom. The molecule has 0 N–H and O–H groups in total. The fraction of sp³-hybridized carbons (Fsp3) is 0.292. The second kappa shape index (κ2) is 9.74. The molecular formula is C24H25N5O5. The molecule has 1 aliphatic heterocycles. The lowest BCUT2D eigenvalue weighted by molar-refractivity contribution is -0.385. The number of nitrogens with zero attached hydrogens (tertiary/aromatic N) is 5. The van der Waals surface area contributed by atoms with E-state index in [2.05, 4.69) is 15.1 Å². The molecule has 0 spiro atoms. The maximum absolute atomic E-state index is 12.9. The van der Waals surface area contributed by atoms with Crippen LogP contribution in [-0.2, 0) is 0 Å². The minimum Gasteiger partial charge on any atom is -0.497 e. The van der Waals surface area contributed by atoms with E-state index in [9.17, 15) is 14.9 Å². The number of aryl methyl sites for hydroxylation is 1. The molecule has 3 aromatic rings. The van der Waals surface area contributed by atoms with Crippen molar-refractivity contribution in [2.24, 2.45) is 0 Å². The van der Waals surface area contributed by atoms with Crippen molar-refractivity contribution in [3.63, 3.8) is 0 Å². The molecule has 10 nitrogen and oxygen atoms in total. The van der Waals surface area contributed by atoms with Crippen molar-refractivity contribution in [1.82, 2.24) is 15.1 Å². The van der Waals surface area contributed by atoms with Gasteiger partial charge in [-0.15, -0.1) is 10.2 Å². The first-order chi connectivity index (χ1) is 16.4. The summed E-state index contributed by atoms with van der Waals surface area (Å²) in [4.78, 5) is 27.3. The van der Waals surface area contributed by atoms with Gasteiger partial charge in [-0.1, -0.05) is 0 Å². The van der Waals surface area contributed by atoms with E-state index in [0.717, 1.165) is 11.4 Å².